The molecule has 21 heavy (non-hydrogen) atoms. The molecule has 0 amide bonds. The Balaban J connectivity index is 2.16. The van der Waals surface area contributed by atoms with Gasteiger partial charge in [-0.1, -0.05) is 57.0 Å². The van der Waals surface area contributed by atoms with E-state index in [0.717, 1.165) is 12.0 Å². The number of benzene rings is 1. The fraction of sp³-hybridized carbons (Fsp3) is 0.684. The standard InChI is InChI=1S/C19H32N2/c1-15(2)14-21(18-12-8-9-13-18)16(3)19(20-4)17-10-6-5-7-11-17/h5-7,10-11,15-16,18-20H,8-9,12-14H2,1-4H3. The smallest absolute Gasteiger partial charge is 0.0473 e. The lowest BCUT2D eigenvalue weighted by Gasteiger charge is -2.40. The number of nitrogens with zero attached hydrogens (tertiary/aromatic N) is 1. The molecule has 2 nitrogen and oxygen atoms in total. The highest BCUT2D eigenvalue weighted by Crippen LogP contribution is 2.30. The van der Waals surface area contributed by atoms with Crippen LogP contribution in [0.1, 0.15) is 58.1 Å². The summed E-state index contributed by atoms with van der Waals surface area (Å²) in [6.07, 6.45) is 5.56. The second-order valence-electron chi connectivity index (χ2n) is 6.95. The summed E-state index contributed by atoms with van der Waals surface area (Å²) in [5.41, 5.74) is 1.40. The predicted octanol–water partition coefficient (Wildman–Crippen LogP) is 4.24. The van der Waals surface area contributed by atoms with Crippen LogP contribution in [-0.2, 0) is 0 Å². The van der Waals surface area contributed by atoms with E-state index in [4.69, 9.17) is 0 Å². The Morgan fingerprint density at radius 1 is 1.10 bits per heavy atom. The molecule has 0 bridgehead atoms. The molecule has 0 spiro atoms. The van der Waals surface area contributed by atoms with Crippen molar-refractivity contribution in [3.8, 4) is 0 Å². The Bertz CT molecular complexity index is 395. The summed E-state index contributed by atoms with van der Waals surface area (Å²) in [5.74, 6) is 0.723. The van der Waals surface area contributed by atoms with Gasteiger partial charge in [-0.05, 0) is 38.3 Å². The maximum atomic E-state index is 3.55. The zero-order chi connectivity index (χ0) is 15.2. The van der Waals surface area contributed by atoms with Gasteiger partial charge in [0.15, 0.2) is 0 Å². The molecular formula is C19H32N2. The van der Waals surface area contributed by atoms with Gasteiger partial charge in [0.05, 0.1) is 0 Å². The summed E-state index contributed by atoms with van der Waals surface area (Å²) in [4.78, 5) is 2.77. The van der Waals surface area contributed by atoms with Gasteiger partial charge in [-0.15, -0.1) is 0 Å². The molecule has 1 N–H and O–H groups in total. The lowest BCUT2D eigenvalue weighted by Crippen LogP contribution is -2.48. The average Bonchev–Trinajstić information content (AvgIpc) is 3.00. The first kappa shape index (κ1) is 16.5. The van der Waals surface area contributed by atoms with Crippen molar-refractivity contribution >= 4 is 0 Å². The molecule has 1 aliphatic rings. The van der Waals surface area contributed by atoms with E-state index in [-0.39, 0.29) is 0 Å². The summed E-state index contributed by atoms with van der Waals surface area (Å²) in [6.45, 7) is 8.28. The van der Waals surface area contributed by atoms with Gasteiger partial charge in [0.2, 0.25) is 0 Å². The molecule has 1 aliphatic carbocycles. The van der Waals surface area contributed by atoms with Crippen LogP contribution in [0.3, 0.4) is 0 Å². The van der Waals surface area contributed by atoms with Crippen LogP contribution in [0.25, 0.3) is 0 Å². The van der Waals surface area contributed by atoms with Crippen LogP contribution in [-0.4, -0.2) is 30.6 Å². The van der Waals surface area contributed by atoms with Crippen molar-refractivity contribution in [3.05, 3.63) is 35.9 Å². The highest BCUT2D eigenvalue weighted by atomic mass is 15.2. The summed E-state index contributed by atoms with van der Waals surface area (Å²) < 4.78 is 0. The minimum absolute atomic E-state index is 0.408. The summed E-state index contributed by atoms with van der Waals surface area (Å²) in [5, 5.41) is 3.55. The van der Waals surface area contributed by atoms with E-state index in [1.165, 1.54) is 37.8 Å². The molecule has 1 aromatic rings. The van der Waals surface area contributed by atoms with Crippen molar-refractivity contribution in [2.24, 2.45) is 5.92 Å². The Morgan fingerprint density at radius 2 is 1.71 bits per heavy atom. The van der Waals surface area contributed by atoms with E-state index in [9.17, 15) is 0 Å². The maximum Gasteiger partial charge on any atom is 0.0473 e. The Labute approximate surface area is 130 Å². The molecule has 2 atom stereocenters. The van der Waals surface area contributed by atoms with Crippen LogP contribution in [0.4, 0.5) is 0 Å². The number of rotatable bonds is 7. The molecule has 0 aromatic heterocycles. The van der Waals surface area contributed by atoms with Gasteiger partial charge in [0, 0.05) is 24.7 Å². The SMILES string of the molecule is CNC(c1ccccc1)C(C)N(CC(C)C)C1CCCC1. The molecule has 1 fully saturated rings. The Morgan fingerprint density at radius 3 is 2.24 bits per heavy atom. The summed E-state index contributed by atoms with van der Waals surface area (Å²) >= 11 is 0. The van der Waals surface area contributed by atoms with Crippen LogP contribution in [0.2, 0.25) is 0 Å². The maximum absolute atomic E-state index is 3.55. The quantitative estimate of drug-likeness (QED) is 0.807. The average molecular weight is 288 g/mol. The Hall–Kier alpha value is -0.860. The van der Waals surface area contributed by atoms with Crippen LogP contribution in [0, 0.1) is 5.92 Å². The van der Waals surface area contributed by atoms with Crippen LogP contribution >= 0.6 is 0 Å². The third-order valence-corrected chi connectivity index (χ3v) is 4.84. The van der Waals surface area contributed by atoms with E-state index >= 15 is 0 Å². The third-order valence-electron chi connectivity index (χ3n) is 4.84. The molecule has 118 valence electrons. The second kappa shape index (κ2) is 7.95. The first-order chi connectivity index (χ1) is 10.1. The van der Waals surface area contributed by atoms with Crippen LogP contribution in [0.5, 0.6) is 0 Å². The topological polar surface area (TPSA) is 15.3 Å². The molecule has 1 aromatic carbocycles. The van der Waals surface area contributed by atoms with Crippen molar-refractivity contribution in [2.75, 3.05) is 13.6 Å². The number of likely N-dealkylation sites (N-methyl/N-ethyl adjacent to an activating group) is 1. The number of nitrogens with one attached hydrogen (secondary N) is 1. The molecule has 0 radical (unpaired) electrons. The summed E-state index contributed by atoms with van der Waals surface area (Å²) in [7, 11) is 2.09. The van der Waals surface area contributed by atoms with Gasteiger partial charge >= 0.3 is 0 Å². The predicted molar refractivity (Wildman–Crippen MR) is 91.5 cm³/mol. The van der Waals surface area contributed by atoms with Gasteiger partial charge in [0.1, 0.15) is 0 Å². The third kappa shape index (κ3) is 4.31. The Kier molecular flexibility index (Phi) is 6.25. The van der Waals surface area contributed by atoms with E-state index in [1.807, 2.05) is 0 Å². The van der Waals surface area contributed by atoms with Gasteiger partial charge in [-0.25, -0.2) is 0 Å². The van der Waals surface area contributed by atoms with E-state index in [2.05, 4.69) is 68.4 Å². The van der Waals surface area contributed by atoms with Gasteiger partial charge in [0.25, 0.3) is 0 Å². The molecule has 2 unspecified atom stereocenters. The minimum Gasteiger partial charge on any atom is -0.312 e. The lowest BCUT2D eigenvalue weighted by atomic mass is 9.96. The zero-order valence-electron chi connectivity index (χ0n) is 14.2. The fourth-order valence-corrected chi connectivity index (χ4v) is 3.84. The minimum atomic E-state index is 0.408. The number of hydrogen-bond acceptors (Lipinski definition) is 2. The van der Waals surface area contributed by atoms with Crippen molar-refractivity contribution in [2.45, 2.75) is 64.6 Å². The molecule has 0 heterocycles. The van der Waals surface area contributed by atoms with E-state index in [0.29, 0.717) is 12.1 Å². The first-order valence-electron chi connectivity index (χ1n) is 8.61. The van der Waals surface area contributed by atoms with Crippen molar-refractivity contribution in [3.63, 3.8) is 0 Å². The van der Waals surface area contributed by atoms with Crippen LogP contribution < -0.4 is 5.32 Å². The van der Waals surface area contributed by atoms with Crippen molar-refractivity contribution < 1.29 is 0 Å². The molecule has 0 saturated heterocycles. The van der Waals surface area contributed by atoms with Crippen LogP contribution in [0.15, 0.2) is 30.3 Å². The van der Waals surface area contributed by atoms with E-state index < -0.39 is 0 Å². The molecule has 2 rings (SSSR count). The van der Waals surface area contributed by atoms with Crippen molar-refractivity contribution in [1.29, 1.82) is 0 Å². The normalized spacial score (nSPS) is 19.3. The van der Waals surface area contributed by atoms with Gasteiger partial charge < -0.3 is 5.32 Å². The van der Waals surface area contributed by atoms with E-state index in [1.54, 1.807) is 0 Å². The molecule has 1 saturated carbocycles. The fourth-order valence-electron chi connectivity index (χ4n) is 3.84. The second-order valence-corrected chi connectivity index (χ2v) is 6.95. The van der Waals surface area contributed by atoms with Crippen molar-refractivity contribution in [1.82, 2.24) is 10.2 Å². The molecule has 2 heteroatoms. The highest BCUT2D eigenvalue weighted by Gasteiger charge is 2.31. The zero-order valence-corrected chi connectivity index (χ0v) is 14.2. The van der Waals surface area contributed by atoms with Gasteiger partial charge in [-0.3, -0.25) is 4.90 Å². The molecule has 0 aliphatic heterocycles. The van der Waals surface area contributed by atoms with Gasteiger partial charge in [-0.2, -0.15) is 0 Å². The summed E-state index contributed by atoms with van der Waals surface area (Å²) in [6, 6.07) is 12.6. The molecular weight excluding hydrogens is 256 g/mol. The monoisotopic (exact) mass is 288 g/mol. The largest absolute Gasteiger partial charge is 0.312 e. The lowest BCUT2D eigenvalue weighted by molar-refractivity contribution is 0.103. The number of hydrogen-bond donors (Lipinski definition) is 1. The highest BCUT2D eigenvalue weighted by molar-refractivity contribution is 5.20. The first-order valence-corrected chi connectivity index (χ1v) is 8.61.